The van der Waals surface area contributed by atoms with Gasteiger partial charge in [-0.1, -0.05) is 13.0 Å². The number of hydrogen-bond acceptors (Lipinski definition) is 5. The lowest BCUT2D eigenvalue weighted by atomic mass is 10.1. The van der Waals surface area contributed by atoms with Crippen LogP contribution in [0.3, 0.4) is 0 Å². The van der Waals surface area contributed by atoms with E-state index in [-0.39, 0.29) is 12.2 Å². The van der Waals surface area contributed by atoms with Crippen molar-refractivity contribution in [3.63, 3.8) is 0 Å². The van der Waals surface area contributed by atoms with Crippen LogP contribution in [0, 0.1) is 20.8 Å². The van der Waals surface area contributed by atoms with E-state index in [1.165, 1.54) is 11.1 Å². The van der Waals surface area contributed by atoms with Gasteiger partial charge in [0.15, 0.2) is 0 Å². The smallest absolute Gasteiger partial charge is 0.259 e. The van der Waals surface area contributed by atoms with Crippen molar-refractivity contribution < 1.29 is 5.11 Å². The second-order valence-electron chi connectivity index (χ2n) is 7.01. The van der Waals surface area contributed by atoms with Gasteiger partial charge in [0, 0.05) is 30.1 Å². The highest BCUT2D eigenvalue weighted by molar-refractivity contribution is 5.60. The van der Waals surface area contributed by atoms with Crippen LogP contribution in [0.5, 0.6) is 0 Å². The number of anilines is 2. The molecule has 0 spiro atoms. The van der Waals surface area contributed by atoms with Gasteiger partial charge in [0.1, 0.15) is 0 Å². The predicted molar refractivity (Wildman–Crippen MR) is 104 cm³/mol. The summed E-state index contributed by atoms with van der Waals surface area (Å²) in [5, 5.41) is 9.19. The molecule has 1 aromatic heterocycles. The second-order valence-corrected chi connectivity index (χ2v) is 7.01. The zero-order valence-electron chi connectivity index (χ0n) is 16.1. The van der Waals surface area contributed by atoms with Crippen LogP contribution in [0.4, 0.5) is 11.6 Å². The SMILES string of the molecule is CCc1c(C)nc2n(c1=O)CN(CCCO)CN2c1ccc(C)c(C)c1. The Morgan fingerprint density at radius 3 is 2.58 bits per heavy atom. The average Bonchev–Trinajstić information content (AvgIpc) is 2.62. The first kappa shape index (κ1) is 18.6. The van der Waals surface area contributed by atoms with Crippen LogP contribution in [0.2, 0.25) is 0 Å². The van der Waals surface area contributed by atoms with Gasteiger partial charge in [0.2, 0.25) is 5.95 Å². The number of rotatable bonds is 5. The first-order chi connectivity index (χ1) is 12.5. The number of aliphatic hydroxyl groups is 1. The molecule has 1 N–H and O–H groups in total. The van der Waals surface area contributed by atoms with Crippen LogP contribution in [0.1, 0.15) is 35.7 Å². The fourth-order valence-electron chi connectivity index (χ4n) is 3.46. The van der Waals surface area contributed by atoms with Crippen molar-refractivity contribution in [3.8, 4) is 0 Å². The van der Waals surface area contributed by atoms with Gasteiger partial charge in [-0.25, -0.2) is 4.98 Å². The molecule has 0 saturated heterocycles. The van der Waals surface area contributed by atoms with Crippen LogP contribution in [-0.2, 0) is 13.1 Å². The molecule has 140 valence electrons. The van der Waals surface area contributed by atoms with E-state index in [0.717, 1.165) is 23.5 Å². The largest absolute Gasteiger partial charge is 0.396 e. The van der Waals surface area contributed by atoms with Crippen molar-refractivity contribution in [3.05, 3.63) is 50.9 Å². The van der Waals surface area contributed by atoms with Gasteiger partial charge in [0.25, 0.3) is 5.56 Å². The number of hydrogen-bond donors (Lipinski definition) is 1. The molecule has 6 nitrogen and oxygen atoms in total. The lowest BCUT2D eigenvalue weighted by Gasteiger charge is -2.38. The molecule has 6 heteroatoms. The van der Waals surface area contributed by atoms with Crippen LogP contribution in [-0.4, -0.2) is 39.4 Å². The Morgan fingerprint density at radius 2 is 1.92 bits per heavy atom. The Hall–Kier alpha value is -2.18. The molecule has 0 radical (unpaired) electrons. The molecule has 3 rings (SSSR count). The van der Waals surface area contributed by atoms with Gasteiger partial charge < -0.3 is 5.11 Å². The number of nitrogens with zero attached hydrogens (tertiary/aromatic N) is 4. The highest BCUT2D eigenvalue weighted by atomic mass is 16.3. The number of fused-ring (bicyclic) bond motifs is 1. The summed E-state index contributed by atoms with van der Waals surface area (Å²) >= 11 is 0. The molecule has 1 aliphatic heterocycles. The van der Waals surface area contributed by atoms with Gasteiger partial charge >= 0.3 is 0 Å². The highest BCUT2D eigenvalue weighted by Crippen LogP contribution is 2.29. The molecule has 1 aliphatic rings. The molecule has 0 fully saturated rings. The molecule has 0 bridgehead atoms. The summed E-state index contributed by atoms with van der Waals surface area (Å²) in [5.74, 6) is 0.702. The Morgan fingerprint density at radius 1 is 1.15 bits per heavy atom. The lowest BCUT2D eigenvalue weighted by Crippen LogP contribution is -2.48. The minimum Gasteiger partial charge on any atom is -0.396 e. The predicted octanol–water partition coefficient (Wildman–Crippen LogP) is 2.48. The maximum absolute atomic E-state index is 13.0. The first-order valence-corrected chi connectivity index (χ1v) is 9.24. The fraction of sp³-hybridized carbons (Fsp3) is 0.500. The maximum Gasteiger partial charge on any atom is 0.259 e. The molecule has 2 heterocycles. The van der Waals surface area contributed by atoms with Gasteiger partial charge in [0.05, 0.1) is 13.3 Å². The Labute approximate surface area is 154 Å². The number of aromatic nitrogens is 2. The molecular weight excluding hydrogens is 328 g/mol. The lowest BCUT2D eigenvalue weighted by molar-refractivity contribution is 0.175. The molecule has 0 aliphatic carbocycles. The summed E-state index contributed by atoms with van der Waals surface area (Å²) in [7, 11) is 0. The van der Waals surface area contributed by atoms with Crippen molar-refractivity contribution in [2.45, 2.75) is 47.2 Å². The summed E-state index contributed by atoms with van der Waals surface area (Å²) < 4.78 is 1.77. The minimum absolute atomic E-state index is 0.0394. The summed E-state index contributed by atoms with van der Waals surface area (Å²) in [6.07, 6.45) is 1.36. The molecule has 26 heavy (non-hydrogen) atoms. The van der Waals surface area contributed by atoms with Crippen molar-refractivity contribution in [2.24, 2.45) is 0 Å². The number of benzene rings is 1. The summed E-state index contributed by atoms with van der Waals surface area (Å²) in [6, 6.07) is 6.33. The van der Waals surface area contributed by atoms with E-state index < -0.39 is 0 Å². The van der Waals surface area contributed by atoms with Crippen LogP contribution in [0.15, 0.2) is 23.0 Å². The third-order valence-corrected chi connectivity index (χ3v) is 5.16. The number of aryl methyl sites for hydroxylation is 3. The second kappa shape index (κ2) is 7.60. The molecular formula is C20H28N4O2. The van der Waals surface area contributed by atoms with Gasteiger partial charge in [-0.05, 0) is 56.9 Å². The maximum atomic E-state index is 13.0. The van der Waals surface area contributed by atoms with E-state index in [1.54, 1.807) is 4.57 Å². The van der Waals surface area contributed by atoms with Crippen molar-refractivity contribution in [1.29, 1.82) is 0 Å². The highest BCUT2D eigenvalue weighted by Gasteiger charge is 2.27. The van der Waals surface area contributed by atoms with E-state index in [1.807, 2.05) is 13.8 Å². The molecule has 0 unspecified atom stereocenters. The zero-order chi connectivity index (χ0) is 18.8. The third kappa shape index (κ3) is 3.39. The summed E-state index contributed by atoms with van der Waals surface area (Å²) in [6.45, 7) is 10.1. The normalized spacial score (nSPS) is 14.6. The monoisotopic (exact) mass is 356 g/mol. The van der Waals surface area contributed by atoms with Crippen LogP contribution < -0.4 is 10.5 Å². The van der Waals surface area contributed by atoms with E-state index >= 15 is 0 Å². The third-order valence-electron chi connectivity index (χ3n) is 5.16. The summed E-state index contributed by atoms with van der Waals surface area (Å²) in [4.78, 5) is 22.1. The fourth-order valence-corrected chi connectivity index (χ4v) is 3.46. The standard InChI is InChI=1S/C20H28N4O2/c1-5-18-16(4)21-20-23(17-8-7-14(2)15(3)11-17)12-22(9-6-10-25)13-24(20)19(18)26/h7-8,11,25H,5-6,9-10,12-13H2,1-4H3. The minimum atomic E-state index is 0.0394. The van der Waals surface area contributed by atoms with Gasteiger partial charge in [-0.3, -0.25) is 19.2 Å². The molecule has 0 saturated carbocycles. The molecule has 0 atom stereocenters. The van der Waals surface area contributed by atoms with Gasteiger partial charge in [-0.2, -0.15) is 0 Å². The van der Waals surface area contributed by atoms with Crippen LogP contribution in [0.25, 0.3) is 0 Å². The molecule has 2 aromatic rings. The molecule has 0 amide bonds. The van der Waals surface area contributed by atoms with Gasteiger partial charge in [-0.15, -0.1) is 0 Å². The van der Waals surface area contributed by atoms with E-state index in [4.69, 9.17) is 4.98 Å². The quantitative estimate of drug-likeness (QED) is 0.892. The van der Waals surface area contributed by atoms with E-state index in [2.05, 4.69) is 41.8 Å². The zero-order valence-corrected chi connectivity index (χ0v) is 16.1. The average molecular weight is 356 g/mol. The topological polar surface area (TPSA) is 61.6 Å². The number of aliphatic hydroxyl groups excluding tert-OH is 1. The van der Waals surface area contributed by atoms with Crippen molar-refractivity contribution in [1.82, 2.24) is 14.5 Å². The van der Waals surface area contributed by atoms with E-state index in [9.17, 15) is 9.90 Å². The van der Waals surface area contributed by atoms with Crippen LogP contribution >= 0.6 is 0 Å². The van der Waals surface area contributed by atoms with Crippen molar-refractivity contribution >= 4 is 11.6 Å². The first-order valence-electron chi connectivity index (χ1n) is 9.24. The Bertz CT molecular complexity index is 860. The Kier molecular flexibility index (Phi) is 5.44. The summed E-state index contributed by atoms with van der Waals surface area (Å²) in [5.41, 5.74) is 5.11. The van der Waals surface area contributed by atoms with Crippen molar-refractivity contribution in [2.75, 3.05) is 24.7 Å². The molecule has 1 aromatic carbocycles. The van der Waals surface area contributed by atoms with E-state index in [0.29, 0.717) is 32.1 Å². The Balaban J connectivity index is 2.12.